The lowest BCUT2D eigenvalue weighted by atomic mass is 10.2. The minimum absolute atomic E-state index is 0.203. The minimum Gasteiger partial charge on any atom is -0.240 e. The van der Waals surface area contributed by atoms with Crippen LogP contribution in [0.25, 0.3) is 0 Å². The highest BCUT2D eigenvalue weighted by atomic mass is 31.3. The van der Waals surface area contributed by atoms with Gasteiger partial charge >= 0.3 is 0 Å². The third-order valence-corrected chi connectivity index (χ3v) is 29.8. The normalized spacial score (nSPS) is 31.2. The predicted molar refractivity (Wildman–Crippen MR) is 229 cm³/mol. The van der Waals surface area contributed by atoms with Crippen molar-refractivity contribution in [1.82, 2.24) is 37.4 Å². The van der Waals surface area contributed by atoms with Gasteiger partial charge in [-0.25, -0.2) is 46.1 Å². The van der Waals surface area contributed by atoms with E-state index >= 15 is 0 Å². The van der Waals surface area contributed by atoms with Gasteiger partial charge in [0, 0.05) is 105 Å². The molecule has 2 atom stereocenters. The van der Waals surface area contributed by atoms with E-state index < -0.39 is 30.0 Å². The Morgan fingerprint density at radius 3 is 0.946 bits per heavy atom. The summed E-state index contributed by atoms with van der Waals surface area (Å²) in [5.41, 5.74) is 2.20. The van der Waals surface area contributed by atoms with Crippen molar-refractivity contribution in [3.63, 3.8) is 0 Å². The fraction of sp³-hybridized carbons (Fsp3) is 0.684. The van der Waals surface area contributed by atoms with E-state index in [4.69, 9.17) is 18.1 Å². The second kappa shape index (κ2) is 16.7. The van der Waals surface area contributed by atoms with Crippen LogP contribution in [-0.4, -0.2) is 129 Å². The van der Waals surface area contributed by atoms with Gasteiger partial charge in [-0.3, -0.25) is 0 Å². The SMILES string of the molecule is CCN1CCN(Cc2ccc(F)cc2)P12=NP(N1CCCC1)(N1CCCC1)=NP1(=NP(N3CCCC3)(N3CCCC3)=N2)N(CC)CCN1Cc1ccc(F)cc1. The molecule has 2 spiro atoms. The largest absolute Gasteiger partial charge is 0.240 e. The monoisotopic (exact) mass is 848 g/mol. The van der Waals surface area contributed by atoms with Crippen LogP contribution in [0, 0.1) is 11.6 Å². The quantitative estimate of drug-likeness (QED) is 0.219. The van der Waals surface area contributed by atoms with Crippen molar-refractivity contribution >= 4 is 30.0 Å². The van der Waals surface area contributed by atoms with E-state index in [9.17, 15) is 8.78 Å². The van der Waals surface area contributed by atoms with Crippen molar-refractivity contribution in [3.8, 4) is 0 Å². The minimum atomic E-state index is -2.83. The van der Waals surface area contributed by atoms with Crippen molar-refractivity contribution in [2.75, 3.05) is 91.6 Å². The van der Waals surface area contributed by atoms with Crippen molar-refractivity contribution in [3.05, 3.63) is 71.3 Å². The molecule has 7 aliphatic heterocycles. The molecule has 9 rings (SSSR count). The Kier molecular flexibility index (Phi) is 12.1. The molecule has 18 heteroatoms. The van der Waals surface area contributed by atoms with Crippen LogP contribution < -0.4 is 0 Å². The molecular formula is C38H62F2N12P4. The lowest BCUT2D eigenvalue weighted by Gasteiger charge is -2.48. The number of nitrogens with zero attached hydrogens (tertiary/aromatic N) is 12. The first kappa shape index (κ1) is 40.3. The zero-order valence-electron chi connectivity index (χ0n) is 33.5. The number of likely N-dealkylation sites (N-methyl/N-ethyl adjacent to an activating group) is 2. The van der Waals surface area contributed by atoms with E-state index in [2.05, 4.69) is 51.2 Å². The first-order chi connectivity index (χ1) is 27.3. The molecule has 0 aromatic heterocycles. The maximum atomic E-state index is 14.3. The van der Waals surface area contributed by atoms with Crippen LogP contribution in [0.4, 0.5) is 8.78 Å². The summed E-state index contributed by atoms with van der Waals surface area (Å²) in [6.07, 6.45) is 9.21. The second-order valence-corrected chi connectivity index (χ2v) is 28.0. The van der Waals surface area contributed by atoms with Gasteiger partial charge in [0.2, 0.25) is 30.0 Å². The van der Waals surface area contributed by atoms with Crippen LogP contribution in [0.15, 0.2) is 66.6 Å². The Morgan fingerprint density at radius 1 is 0.393 bits per heavy atom. The summed E-state index contributed by atoms with van der Waals surface area (Å²) >= 11 is 0. The van der Waals surface area contributed by atoms with Gasteiger partial charge in [-0.2, -0.15) is 18.1 Å². The van der Waals surface area contributed by atoms with Crippen molar-refractivity contribution in [1.29, 1.82) is 0 Å². The molecule has 0 bridgehead atoms. The second-order valence-electron chi connectivity index (χ2n) is 16.3. The lowest BCUT2D eigenvalue weighted by Crippen LogP contribution is -2.32. The van der Waals surface area contributed by atoms with Gasteiger partial charge in [-0.1, -0.05) is 38.1 Å². The average molecular weight is 849 g/mol. The van der Waals surface area contributed by atoms with Crippen molar-refractivity contribution < 1.29 is 8.78 Å². The molecule has 0 saturated carbocycles. The zero-order chi connectivity index (χ0) is 38.4. The molecule has 2 aromatic carbocycles. The van der Waals surface area contributed by atoms with E-state index in [1.54, 1.807) is 24.3 Å². The van der Waals surface area contributed by atoms with E-state index in [0.29, 0.717) is 13.1 Å². The molecule has 6 saturated heterocycles. The molecule has 2 unspecified atom stereocenters. The standard InChI is InChI=1S/C38H62F2N12P4/c1-3-45-29-31-51(33-35-13-17-37(39)18-14-35)53(45)41-55(47-21-5-6-22-47,48-23-7-8-24-48)43-54(44-56(42-53,49-25-9-10-26-49)50-27-11-12-28-50)46(4-2)30-32-52(54)34-36-15-19-38(40)20-16-36/h13-20H,3-12,21-34H2,1-2H3. The van der Waals surface area contributed by atoms with Crippen LogP contribution >= 0.6 is 30.0 Å². The molecule has 2 aromatic rings. The van der Waals surface area contributed by atoms with Gasteiger partial charge in [0.05, 0.1) is 0 Å². The Morgan fingerprint density at radius 2 is 0.661 bits per heavy atom. The molecule has 308 valence electrons. The zero-order valence-corrected chi connectivity index (χ0v) is 37.1. The molecule has 0 radical (unpaired) electrons. The molecule has 0 aliphatic carbocycles. The molecule has 6 fully saturated rings. The highest BCUT2D eigenvalue weighted by Crippen LogP contribution is 2.86. The van der Waals surface area contributed by atoms with E-state index in [-0.39, 0.29) is 11.6 Å². The number of halogens is 2. The maximum absolute atomic E-state index is 14.3. The molecule has 7 aliphatic rings. The predicted octanol–water partition coefficient (Wildman–Crippen LogP) is 10.1. The van der Waals surface area contributed by atoms with E-state index in [0.717, 1.165) is 154 Å². The van der Waals surface area contributed by atoms with E-state index in [1.807, 2.05) is 24.3 Å². The first-order valence-corrected chi connectivity index (χ1v) is 27.8. The summed E-state index contributed by atoms with van der Waals surface area (Å²) in [6, 6.07) is 14.2. The van der Waals surface area contributed by atoms with Gasteiger partial charge in [-0.05, 0) is 86.8 Å². The van der Waals surface area contributed by atoms with Crippen LogP contribution in [0.2, 0.25) is 0 Å². The van der Waals surface area contributed by atoms with E-state index in [1.165, 1.54) is 0 Å². The number of benzene rings is 2. The number of rotatable bonds is 10. The molecule has 56 heavy (non-hydrogen) atoms. The van der Waals surface area contributed by atoms with Crippen LogP contribution in [-0.2, 0) is 13.1 Å². The maximum Gasteiger partial charge on any atom is 0.221 e. The summed E-state index contributed by atoms with van der Waals surface area (Å²) in [5.74, 6) is -0.407. The molecule has 7 heterocycles. The van der Waals surface area contributed by atoms with Crippen molar-refractivity contribution in [2.24, 2.45) is 18.1 Å². The highest BCUT2D eigenvalue weighted by Gasteiger charge is 2.55. The smallest absolute Gasteiger partial charge is 0.221 e. The number of hydrogen-bond acceptors (Lipinski definition) is 12. The van der Waals surface area contributed by atoms with Gasteiger partial charge in [-0.15, -0.1) is 0 Å². The van der Waals surface area contributed by atoms with Crippen LogP contribution in [0.3, 0.4) is 0 Å². The first-order valence-electron chi connectivity index (χ1n) is 21.4. The Labute approximate surface area is 334 Å². The number of hydrogen-bond donors (Lipinski definition) is 0. The average Bonchev–Trinajstić information content (AvgIpc) is 4.06. The molecular weight excluding hydrogens is 786 g/mol. The van der Waals surface area contributed by atoms with Crippen LogP contribution in [0.5, 0.6) is 0 Å². The van der Waals surface area contributed by atoms with Crippen molar-refractivity contribution in [2.45, 2.75) is 78.3 Å². The summed E-state index contributed by atoms with van der Waals surface area (Å²) in [7, 11) is -11.2. The summed E-state index contributed by atoms with van der Waals surface area (Å²) < 4.78 is 76.8. The third-order valence-electron chi connectivity index (χ3n) is 12.8. The molecule has 12 nitrogen and oxygen atoms in total. The molecule has 0 amide bonds. The van der Waals surface area contributed by atoms with Gasteiger partial charge in [0.25, 0.3) is 0 Å². The Bertz CT molecular complexity index is 1760. The third kappa shape index (κ3) is 7.18. The van der Waals surface area contributed by atoms with Gasteiger partial charge in [0.1, 0.15) is 11.6 Å². The summed E-state index contributed by atoms with van der Waals surface area (Å²) in [5, 5.41) is 0. The fourth-order valence-corrected chi connectivity index (χ4v) is 31.7. The Balaban J connectivity index is 1.40. The highest BCUT2D eigenvalue weighted by molar-refractivity contribution is 7.83. The summed E-state index contributed by atoms with van der Waals surface area (Å²) in [4.78, 5) is 0. The topological polar surface area (TPSA) is 75.4 Å². The van der Waals surface area contributed by atoms with Crippen LogP contribution in [0.1, 0.15) is 76.3 Å². The summed E-state index contributed by atoms with van der Waals surface area (Å²) in [6.45, 7) is 19.1. The Hall–Kier alpha value is -1.10. The lowest BCUT2D eigenvalue weighted by molar-refractivity contribution is 0.454. The fourth-order valence-electron chi connectivity index (χ4n) is 9.85. The van der Waals surface area contributed by atoms with Gasteiger partial charge in [0.15, 0.2) is 0 Å². The van der Waals surface area contributed by atoms with Gasteiger partial charge < -0.3 is 0 Å². The molecule has 0 N–H and O–H groups in total.